The van der Waals surface area contributed by atoms with E-state index >= 15 is 0 Å². The van der Waals surface area contributed by atoms with E-state index in [9.17, 15) is 31.3 Å². The zero-order chi connectivity index (χ0) is 27.6. The number of phenols is 1. The molecule has 2 aromatic rings. The van der Waals surface area contributed by atoms with Gasteiger partial charge in [-0.1, -0.05) is 0 Å². The number of nitrogens with one attached hydrogen (secondary N) is 1. The zero-order valence-electron chi connectivity index (χ0n) is 19.3. The second-order valence-electron chi connectivity index (χ2n) is 7.62. The van der Waals surface area contributed by atoms with E-state index in [0.717, 1.165) is 0 Å². The van der Waals surface area contributed by atoms with Crippen molar-refractivity contribution in [3.63, 3.8) is 0 Å². The predicted octanol–water partition coefficient (Wildman–Crippen LogP) is -1.16. The fourth-order valence-electron chi connectivity index (χ4n) is 2.68. The first kappa shape index (κ1) is 30.8. The van der Waals surface area contributed by atoms with E-state index in [0.29, 0.717) is 11.3 Å². The van der Waals surface area contributed by atoms with Gasteiger partial charge in [-0.15, -0.1) is 0 Å². The Kier molecular flexibility index (Phi) is 11.6. The Morgan fingerprint density at radius 1 is 1.14 bits per heavy atom. The zero-order valence-corrected chi connectivity index (χ0v) is 22.1. The number of carbonyl (C=O) groups is 1. The molecule has 0 fully saturated rings. The predicted molar refractivity (Wildman–Crippen MR) is 129 cm³/mol. The molecule has 0 saturated carbocycles. The minimum atomic E-state index is -5.01. The summed E-state index contributed by atoms with van der Waals surface area (Å²) in [6.07, 6.45) is -1.29. The quantitative estimate of drug-likeness (QED) is 0.0549. The molecular formula is C20H28AsN4O11P. The summed E-state index contributed by atoms with van der Waals surface area (Å²) in [5.74, 6) is -0.782. The number of aliphatic hydroxyl groups excluding tert-OH is 2. The first-order valence-corrected chi connectivity index (χ1v) is 15.5. The third-order valence-corrected chi connectivity index (χ3v) is 7.61. The number of nitrogens with two attached hydrogens (primary N) is 1. The van der Waals surface area contributed by atoms with Crippen LogP contribution >= 0.6 is 7.82 Å². The topological polar surface area (TPSA) is 254 Å². The number of phenolic OH excluding ortho intramolecular Hbond substituents is 1. The molecule has 0 heterocycles. The van der Waals surface area contributed by atoms with Crippen LogP contribution in [0.15, 0.2) is 52.7 Å². The summed E-state index contributed by atoms with van der Waals surface area (Å²) in [7, 11) is -4.48. The molecule has 0 bridgehead atoms. The molecule has 37 heavy (non-hydrogen) atoms. The van der Waals surface area contributed by atoms with Gasteiger partial charge < -0.3 is 20.4 Å². The van der Waals surface area contributed by atoms with Crippen LogP contribution in [0, 0.1) is 0 Å². The number of aliphatic hydroxyl groups is 2. The SMILES string of the molecule is N[C@@H](Cc1ccc(O)c(N=Nc2ccc([As](=O)(O)O)cc2)c1)C(=O)NCCOP(=O)(O)OCC(O)CO. The summed E-state index contributed by atoms with van der Waals surface area (Å²) >= 11 is -5.01. The molecule has 2 aromatic carbocycles. The minimum Gasteiger partial charge on any atom is -0.394 e. The fraction of sp³-hybridized carbons (Fsp3) is 0.350. The van der Waals surface area contributed by atoms with Gasteiger partial charge in [-0.05, 0) is 0 Å². The van der Waals surface area contributed by atoms with E-state index in [2.05, 4.69) is 24.6 Å². The smallest absolute Gasteiger partial charge is 0.394 e. The van der Waals surface area contributed by atoms with Gasteiger partial charge in [-0.3, -0.25) is 13.8 Å². The number of azo groups is 1. The number of aromatic hydroxyl groups is 1. The molecule has 2 rings (SSSR count). The van der Waals surface area contributed by atoms with E-state index in [4.69, 9.17) is 15.9 Å². The van der Waals surface area contributed by atoms with E-state index in [1.165, 1.54) is 42.5 Å². The van der Waals surface area contributed by atoms with Crippen LogP contribution in [0.5, 0.6) is 5.75 Å². The third-order valence-electron chi connectivity index (χ3n) is 4.59. The van der Waals surface area contributed by atoms with Gasteiger partial charge in [0.05, 0.1) is 19.8 Å². The molecule has 9 N–H and O–H groups in total. The number of benzene rings is 2. The Labute approximate surface area is 214 Å². The number of hydrogen-bond acceptors (Lipinski definition) is 11. The number of phosphoric ester groups is 1. The first-order chi connectivity index (χ1) is 17.3. The summed E-state index contributed by atoms with van der Waals surface area (Å²) in [4.78, 5) is 21.7. The van der Waals surface area contributed by atoms with Crippen LogP contribution in [0.25, 0.3) is 0 Å². The first-order valence-electron chi connectivity index (χ1n) is 10.6. The maximum atomic E-state index is 12.2. The minimum absolute atomic E-state index is 0.0507. The number of amides is 1. The average molecular weight is 606 g/mol. The van der Waals surface area contributed by atoms with E-state index in [-0.39, 0.29) is 35.4 Å². The van der Waals surface area contributed by atoms with Crippen LogP contribution in [-0.4, -0.2) is 87.0 Å². The standard InChI is InChI=1S/C20H28AsN4O11P/c22-17(20(29)23-7-8-35-37(33,34)36-12-16(27)11-26)9-13-1-6-19(28)18(10-13)25-24-15-4-2-14(3-5-15)21(30,31)32/h1-6,10,16-17,26-28H,7-9,11-12,22H2,(H,23,29)(H,33,34)(H2,30,31,32)/t16?,17-/m0/s1. The molecule has 204 valence electrons. The van der Waals surface area contributed by atoms with Crippen molar-refractivity contribution in [2.45, 2.75) is 18.6 Å². The molecule has 0 aromatic heterocycles. The molecule has 2 unspecified atom stereocenters. The second kappa shape index (κ2) is 13.9. The van der Waals surface area contributed by atoms with Crippen LogP contribution in [-0.2, 0) is 28.6 Å². The Bertz CT molecular complexity index is 1180. The Hall–Kier alpha value is -2.42. The Morgan fingerprint density at radius 3 is 2.43 bits per heavy atom. The summed E-state index contributed by atoms with van der Waals surface area (Å²) in [6.45, 7) is -1.82. The van der Waals surface area contributed by atoms with Crippen molar-refractivity contribution in [3.05, 3.63) is 48.0 Å². The van der Waals surface area contributed by atoms with Crippen molar-refractivity contribution in [3.8, 4) is 5.75 Å². The molecule has 0 spiro atoms. The van der Waals surface area contributed by atoms with Crippen LogP contribution in [0.4, 0.5) is 11.4 Å². The Balaban J connectivity index is 1.88. The normalized spacial score (nSPS) is 15.3. The van der Waals surface area contributed by atoms with Gasteiger partial charge in [0.1, 0.15) is 6.10 Å². The number of phosphoric acid groups is 1. The molecule has 3 atom stereocenters. The van der Waals surface area contributed by atoms with Crippen LogP contribution in [0.1, 0.15) is 5.56 Å². The molecule has 0 aliphatic carbocycles. The maximum absolute atomic E-state index is 12.2. The van der Waals surface area contributed by atoms with Crippen molar-refractivity contribution < 1.29 is 50.6 Å². The van der Waals surface area contributed by atoms with Crippen molar-refractivity contribution in [2.75, 3.05) is 26.4 Å². The van der Waals surface area contributed by atoms with Gasteiger partial charge >= 0.3 is 143 Å². The van der Waals surface area contributed by atoms with E-state index in [1.807, 2.05) is 0 Å². The molecule has 0 saturated heterocycles. The fourth-order valence-corrected chi connectivity index (χ4v) is 4.57. The van der Waals surface area contributed by atoms with Gasteiger partial charge in [-0.2, -0.15) is 0 Å². The molecule has 0 aliphatic heterocycles. The summed E-state index contributed by atoms with van der Waals surface area (Å²) < 4.78 is 50.3. The average Bonchev–Trinajstić information content (AvgIpc) is 2.85. The second-order valence-corrected chi connectivity index (χ2v) is 12.4. The van der Waals surface area contributed by atoms with Crippen molar-refractivity contribution in [1.29, 1.82) is 0 Å². The van der Waals surface area contributed by atoms with Crippen molar-refractivity contribution >= 4 is 43.6 Å². The molecule has 1 amide bonds. The van der Waals surface area contributed by atoms with E-state index in [1.54, 1.807) is 0 Å². The van der Waals surface area contributed by atoms with Crippen LogP contribution in [0.2, 0.25) is 0 Å². The van der Waals surface area contributed by atoms with Gasteiger partial charge in [0.2, 0.25) is 0 Å². The van der Waals surface area contributed by atoms with Crippen LogP contribution < -0.4 is 15.4 Å². The Morgan fingerprint density at radius 2 is 1.81 bits per heavy atom. The molecule has 0 radical (unpaired) electrons. The van der Waals surface area contributed by atoms with Crippen molar-refractivity contribution in [2.24, 2.45) is 16.0 Å². The van der Waals surface area contributed by atoms with Crippen LogP contribution in [0.3, 0.4) is 0 Å². The third kappa shape index (κ3) is 10.8. The van der Waals surface area contributed by atoms with Gasteiger partial charge in [0.15, 0.2) is 0 Å². The monoisotopic (exact) mass is 606 g/mol. The molecule has 17 heteroatoms. The molecular weight excluding hydrogens is 578 g/mol. The number of nitrogens with zero attached hydrogens (tertiary/aromatic N) is 2. The van der Waals surface area contributed by atoms with Gasteiger partial charge in [0.25, 0.3) is 0 Å². The van der Waals surface area contributed by atoms with E-state index < -0.39 is 53.3 Å². The van der Waals surface area contributed by atoms with Crippen molar-refractivity contribution in [1.82, 2.24) is 5.32 Å². The number of rotatable bonds is 14. The summed E-state index contributed by atoms with van der Waals surface area (Å²) in [5, 5.41) is 38.1. The molecule has 0 aliphatic rings. The number of hydrogen-bond donors (Lipinski definition) is 8. The molecule has 15 nitrogen and oxygen atoms in total. The number of carbonyl (C=O) groups excluding carboxylic acids is 1. The van der Waals surface area contributed by atoms with Gasteiger partial charge in [0, 0.05) is 6.54 Å². The summed E-state index contributed by atoms with van der Waals surface area (Å²) in [5.41, 5.74) is 6.81. The summed E-state index contributed by atoms with van der Waals surface area (Å²) in [6, 6.07) is 8.52. The van der Waals surface area contributed by atoms with Gasteiger partial charge in [-0.25, -0.2) is 4.57 Å².